The molecule has 3 aromatic rings. The Bertz CT molecular complexity index is 983. The summed E-state index contributed by atoms with van der Waals surface area (Å²) < 4.78 is 27.8. The molecule has 2 aromatic carbocycles. The van der Waals surface area contributed by atoms with Crippen molar-refractivity contribution in [3.8, 4) is 0 Å². The summed E-state index contributed by atoms with van der Waals surface area (Å²) >= 11 is 0. The summed E-state index contributed by atoms with van der Waals surface area (Å²) in [6.07, 6.45) is 5.58. The molecule has 0 saturated carbocycles. The minimum atomic E-state index is -3.58. The first-order valence-corrected chi connectivity index (χ1v) is 8.70. The van der Waals surface area contributed by atoms with E-state index in [4.69, 9.17) is 0 Å². The van der Waals surface area contributed by atoms with Crippen LogP contribution in [-0.2, 0) is 22.9 Å². The predicted octanol–water partition coefficient (Wildman–Crippen LogP) is 3.53. The van der Waals surface area contributed by atoms with Crippen LogP contribution >= 0.6 is 0 Å². The fourth-order valence-electron chi connectivity index (χ4n) is 3.13. The Balaban J connectivity index is 2.08. The van der Waals surface area contributed by atoms with E-state index >= 15 is 0 Å². The van der Waals surface area contributed by atoms with E-state index in [0.717, 1.165) is 28.6 Å². The molecule has 0 atom stereocenters. The maximum Gasteiger partial charge on any atom is 0.268 e. The summed E-state index contributed by atoms with van der Waals surface area (Å²) in [6, 6.07) is 16.4. The molecular formula is C18H15NO2S. The Morgan fingerprint density at radius 3 is 2.32 bits per heavy atom. The molecule has 0 radical (unpaired) electrons. The molecule has 3 nitrogen and oxygen atoms in total. The van der Waals surface area contributed by atoms with Gasteiger partial charge in [-0.15, -0.1) is 0 Å². The highest BCUT2D eigenvalue weighted by Crippen LogP contribution is 2.32. The van der Waals surface area contributed by atoms with Crippen molar-refractivity contribution < 1.29 is 8.42 Å². The summed E-state index contributed by atoms with van der Waals surface area (Å²) in [4.78, 5) is 0.327. The van der Waals surface area contributed by atoms with Crippen LogP contribution in [0, 0.1) is 0 Å². The number of benzene rings is 2. The zero-order chi connectivity index (χ0) is 15.2. The fraction of sp³-hybridized carbons (Fsp3) is 0.111. The molecule has 0 amide bonds. The van der Waals surface area contributed by atoms with Crippen LogP contribution < -0.4 is 0 Å². The van der Waals surface area contributed by atoms with Crippen LogP contribution in [0.5, 0.6) is 0 Å². The quantitative estimate of drug-likeness (QED) is 0.679. The molecule has 4 rings (SSSR count). The number of fused-ring (bicyclic) bond motifs is 3. The zero-order valence-corrected chi connectivity index (χ0v) is 12.8. The van der Waals surface area contributed by atoms with E-state index in [1.807, 2.05) is 36.4 Å². The second-order valence-corrected chi connectivity index (χ2v) is 7.19. The Kier molecular flexibility index (Phi) is 2.94. The van der Waals surface area contributed by atoms with Crippen LogP contribution in [0.1, 0.15) is 11.3 Å². The Morgan fingerprint density at radius 1 is 0.818 bits per heavy atom. The molecule has 0 fully saturated rings. The van der Waals surface area contributed by atoms with Gasteiger partial charge in [0.1, 0.15) is 0 Å². The van der Waals surface area contributed by atoms with Crippen molar-refractivity contribution in [2.45, 2.75) is 17.7 Å². The number of aromatic nitrogens is 1. The van der Waals surface area contributed by atoms with Gasteiger partial charge in [0.15, 0.2) is 0 Å². The third-order valence-corrected chi connectivity index (χ3v) is 5.89. The normalized spacial score (nSPS) is 14.2. The van der Waals surface area contributed by atoms with Crippen molar-refractivity contribution in [1.82, 2.24) is 3.97 Å². The molecule has 1 aliphatic rings. The standard InChI is InChI=1S/C18H15NO2S/c20-22(21,14-8-2-1-3-9-14)19-17-12-6-4-10-15(17)16-11-5-7-13-18(16)19/h1-10,12H,11,13H2. The second-order valence-electron chi connectivity index (χ2n) is 5.40. The van der Waals surface area contributed by atoms with Crippen molar-refractivity contribution >= 4 is 20.9 Å². The third-order valence-electron chi connectivity index (χ3n) is 4.12. The molecule has 0 unspecified atom stereocenters. The highest BCUT2D eigenvalue weighted by molar-refractivity contribution is 7.90. The number of nitrogens with zero attached hydrogens (tertiary/aromatic N) is 1. The lowest BCUT2D eigenvalue weighted by molar-refractivity contribution is 0.587. The SMILES string of the molecule is O=S(=O)(c1ccccc1)n1c2c(c3ccccc31)CC=CC2. The van der Waals surface area contributed by atoms with E-state index < -0.39 is 10.0 Å². The van der Waals surface area contributed by atoms with Crippen LogP contribution in [0.25, 0.3) is 10.9 Å². The van der Waals surface area contributed by atoms with Crippen LogP contribution in [0.4, 0.5) is 0 Å². The Labute approximate surface area is 129 Å². The van der Waals surface area contributed by atoms with Gasteiger partial charge in [0.05, 0.1) is 10.4 Å². The van der Waals surface area contributed by atoms with Crippen LogP contribution in [0.2, 0.25) is 0 Å². The molecular weight excluding hydrogens is 294 g/mol. The summed E-state index contributed by atoms with van der Waals surface area (Å²) in [5.74, 6) is 0. The number of hydrogen-bond donors (Lipinski definition) is 0. The molecule has 4 heteroatoms. The van der Waals surface area contributed by atoms with Gasteiger partial charge >= 0.3 is 0 Å². The minimum Gasteiger partial charge on any atom is -0.237 e. The monoisotopic (exact) mass is 309 g/mol. The molecule has 0 aliphatic heterocycles. The molecule has 1 heterocycles. The van der Waals surface area contributed by atoms with Crippen LogP contribution in [0.15, 0.2) is 71.6 Å². The molecule has 110 valence electrons. The van der Waals surface area contributed by atoms with Crippen LogP contribution in [0.3, 0.4) is 0 Å². The Morgan fingerprint density at radius 2 is 1.50 bits per heavy atom. The molecule has 22 heavy (non-hydrogen) atoms. The smallest absolute Gasteiger partial charge is 0.237 e. The van der Waals surface area contributed by atoms with Gasteiger partial charge in [-0.2, -0.15) is 0 Å². The van der Waals surface area contributed by atoms with Gasteiger partial charge < -0.3 is 0 Å². The number of allylic oxidation sites excluding steroid dienone is 2. The van der Waals surface area contributed by atoms with Gasteiger partial charge in [0.2, 0.25) is 0 Å². The zero-order valence-electron chi connectivity index (χ0n) is 11.9. The van der Waals surface area contributed by atoms with Gasteiger partial charge in [-0.1, -0.05) is 48.6 Å². The van der Waals surface area contributed by atoms with E-state index in [-0.39, 0.29) is 0 Å². The van der Waals surface area contributed by atoms with E-state index in [1.54, 1.807) is 24.3 Å². The van der Waals surface area contributed by atoms with Gasteiger partial charge in [-0.3, -0.25) is 0 Å². The minimum absolute atomic E-state index is 0.327. The van der Waals surface area contributed by atoms with Crippen molar-refractivity contribution in [3.05, 3.63) is 78.0 Å². The number of hydrogen-bond acceptors (Lipinski definition) is 2. The Hall–Kier alpha value is -2.33. The van der Waals surface area contributed by atoms with Crippen LogP contribution in [-0.4, -0.2) is 12.4 Å². The summed E-state index contributed by atoms with van der Waals surface area (Å²) in [5, 5.41) is 1.03. The van der Waals surface area contributed by atoms with Crippen molar-refractivity contribution in [3.63, 3.8) is 0 Å². The molecule has 0 spiro atoms. The molecule has 1 aromatic heterocycles. The highest BCUT2D eigenvalue weighted by atomic mass is 32.2. The second kappa shape index (κ2) is 4.85. The molecule has 0 N–H and O–H groups in total. The van der Waals surface area contributed by atoms with Crippen molar-refractivity contribution in [2.75, 3.05) is 0 Å². The molecule has 0 saturated heterocycles. The first kappa shape index (κ1) is 13.3. The number of para-hydroxylation sites is 1. The van der Waals surface area contributed by atoms with Crippen molar-refractivity contribution in [2.24, 2.45) is 0 Å². The van der Waals surface area contributed by atoms with Gasteiger partial charge in [0, 0.05) is 17.5 Å². The van der Waals surface area contributed by atoms with Gasteiger partial charge in [0.25, 0.3) is 10.0 Å². The fourth-order valence-corrected chi connectivity index (χ4v) is 4.74. The summed E-state index contributed by atoms with van der Waals surface area (Å²) in [6.45, 7) is 0. The predicted molar refractivity (Wildman–Crippen MR) is 87.5 cm³/mol. The lowest BCUT2D eigenvalue weighted by atomic mass is 10.0. The average molecular weight is 309 g/mol. The van der Waals surface area contributed by atoms with E-state index in [9.17, 15) is 8.42 Å². The summed E-state index contributed by atoms with van der Waals surface area (Å²) in [5.41, 5.74) is 2.77. The van der Waals surface area contributed by atoms with Gasteiger partial charge in [-0.05, 0) is 30.2 Å². The molecule has 1 aliphatic carbocycles. The third kappa shape index (κ3) is 1.84. The van der Waals surface area contributed by atoms with Gasteiger partial charge in [-0.25, -0.2) is 12.4 Å². The average Bonchev–Trinajstić information content (AvgIpc) is 2.91. The van der Waals surface area contributed by atoms with E-state index in [0.29, 0.717) is 11.3 Å². The van der Waals surface area contributed by atoms with E-state index in [2.05, 4.69) is 6.08 Å². The first-order chi connectivity index (χ1) is 10.7. The molecule has 0 bridgehead atoms. The van der Waals surface area contributed by atoms with Crippen molar-refractivity contribution in [1.29, 1.82) is 0 Å². The maximum absolute atomic E-state index is 13.1. The summed E-state index contributed by atoms with van der Waals surface area (Å²) in [7, 11) is -3.58. The largest absolute Gasteiger partial charge is 0.268 e. The topological polar surface area (TPSA) is 39.1 Å². The first-order valence-electron chi connectivity index (χ1n) is 7.26. The maximum atomic E-state index is 13.1. The lowest BCUT2D eigenvalue weighted by Gasteiger charge is -2.13. The number of rotatable bonds is 2. The van der Waals surface area contributed by atoms with E-state index in [1.165, 1.54) is 3.97 Å². The highest BCUT2D eigenvalue weighted by Gasteiger charge is 2.26. The lowest BCUT2D eigenvalue weighted by Crippen LogP contribution is -2.16.